The van der Waals surface area contributed by atoms with Crippen LogP contribution < -0.4 is 0 Å². The van der Waals surface area contributed by atoms with Gasteiger partial charge < -0.3 is 19.7 Å². The van der Waals surface area contributed by atoms with Crippen molar-refractivity contribution in [1.29, 1.82) is 0 Å². The lowest BCUT2D eigenvalue weighted by Gasteiger charge is -2.27. The first-order valence-electron chi connectivity index (χ1n) is 6.56. The molecular weight excluding hydrogens is 252 g/mol. The summed E-state index contributed by atoms with van der Waals surface area (Å²) in [5.41, 5.74) is -0.941. The number of hydrogen-bond donors (Lipinski definition) is 2. The molecule has 0 spiro atoms. The second kappa shape index (κ2) is 11.9. The van der Waals surface area contributed by atoms with Gasteiger partial charge in [0.25, 0.3) is 0 Å². The fourth-order valence-electron chi connectivity index (χ4n) is 1.54. The van der Waals surface area contributed by atoms with E-state index in [1.54, 1.807) is 6.92 Å². The van der Waals surface area contributed by atoms with Gasteiger partial charge in [-0.15, -0.1) is 0 Å². The Morgan fingerprint density at radius 3 is 1.84 bits per heavy atom. The standard InChI is InChI=1S/C9H18O3.C4H8O3/c1-4-7-9(5-2,8(10)11)12-6-3;1-2-7-3-4(5)6/h4-7H2,1-3H3,(H,10,11);2-3H2,1H3,(H,5,6). The molecule has 2 N–H and O–H groups in total. The monoisotopic (exact) mass is 278 g/mol. The molecule has 0 radical (unpaired) electrons. The van der Waals surface area contributed by atoms with Gasteiger partial charge in [-0.25, -0.2) is 9.59 Å². The van der Waals surface area contributed by atoms with Crippen LogP contribution in [0, 0.1) is 0 Å². The number of hydrogen-bond acceptors (Lipinski definition) is 4. The Hall–Kier alpha value is -1.14. The molecule has 114 valence electrons. The van der Waals surface area contributed by atoms with Crippen molar-refractivity contribution in [3.05, 3.63) is 0 Å². The molecule has 0 heterocycles. The molecule has 0 aromatic carbocycles. The first-order chi connectivity index (χ1) is 8.90. The summed E-state index contributed by atoms with van der Waals surface area (Å²) >= 11 is 0. The maximum Gasteiger partial charge on any atom is 0.335 e. The van der Waals surface area contributed by atoms with E-state index in [-0.39, 0.29) is 6.61 Å². The minimum absolute atomic E-state index is 0.184. The van der Waals surface area contributed by atoms with Gasteiger partial charge in [-0.1, -0.05) is 20.3 Å². The van der Waals surface area contributed by atoms with Crippen LogP contribution >= 0.6 is 0 Å². The first-order valence-corrected chi connectivity index (χ1v) is 6.56. The molecule has 1 unspecified atom stereocenters. The van der Waals surface area contributed by atoms with Gasteiger partial charge in [0.1, 0.15) is 6.61 Å². The lowest BCUT2D eigenvalue weighted by molar-refractivity contribution is -0.167. The lowest BCUT2D eigenvalue weighted by atomic mass is 9.95. The third kappa shape index (κ3) is 9.44. The normalized spacial score (nSPS) is 13.1. The maximum atomic E-state index is 10.9. The van der Waals surface area contributed by atoms with E-state index in [0.29, 0.717) is 26.1 Å². The summed E-state index contributed by atoms with van der Waals surface area (Å²) in [6.45, 7) is 8.13. The van der Waals surface area contributed by atoms with Gasteiger partial charge in [-0.05, 0) is 26.7 Å². The van der Waals surface area contributed by atoms with Crippen LogP contribution in [0.15, 0.2) is 0 Å². The number of carboxylic acids is 2. The average Bonchev–Trinajstić information content (AvgIpc) is 2.36. The summed E-state index contributed by atoms with van der Waals surface area (Å²) in [6, 6.07) is 0. The van der Waals surface area contributed by atoms with Gasteiger partial charge >= 0.3 is 11.9 Å². The van der Waals surface area contributed by atoms with Crippen LogP contribution in [0.25, 0.3) is 0 Å². The maximum absolute atomic E-state index is 10.9. The molecule has 19 heavy (non-hydrogen) atoms. The molecule has 0 fully saturated rings. The van der Waals surface area contributed by atoms with Gasteiger partial charge in [0.05, 0.1) is 0 Å². The average molecular weight is 278 g/mol. The summed E-state index contributed by atoms with van der Waals surface area (Å²) in [7, 11) is 0. The Labute approximate surface area is 114 Å². The predicted octanol–water partition coefficient (Wildman–Crippen LogP) is 2.16. The molecule has 0 amide bonds. The van der Waals surface area contributed by atoms with Crippen LogP contribution in [0.3, 0.4) is 0 Å². The number of aliphatic carboxylic acids is 2. The van der Waals surface area contributed by atoms with Gasteiger partial charge in [-0.3, -0.25) is 0 Å². The Bertz CT molecular complexity index is 246. The zero-order chi connectivity index (χ0) is 15.3. The summed E-state index contributed by atoms with van der Waals surface area (Å²) in [5, 5.41) is 16.9. The van der Waals surface area contributed by atoms with Crippen molar-refractivity contribution in [2.75, 3.05) is 19.8 Å². The van der Waals surface area contributed by atoms with Gasteiger partial charge in [0.2, 0.25) is 0 Å². The lowest BCUT2D eigenvalue weighted by Crippen LogP contribution is -2.40. The van der Waals surface area contributed by atoms with Crippen molar-refractivity contribution >= 4 is 11.9 Å². The quantitative estimate of drug-likeness (QED) is 0.671. The van der Waals surface area contributed by atoms with E-state index in [4.69, 9.17) is 14.9 Å². The van der Waals surface area contributed by atoms with Crippen molar-refractivity contribution in [2.24, 2.45) is 0 Å². The zero-order valence-electron chi connectivity index (χ0n) is 12.3. The highest BCUT2D eigenvalue weighted by Gasteiger charge is 2.36. The van der Waals surface area contributed by atoms with Crippen LogP contribution in [0.2, 0.25) is 0 Å². The molecule has 0 aromatic rings. The largest absolute Gasteiger partial charge is 0.480 e. The SMILES string of the molecule is CCCC(CC)(OCC)C(=O)O.CCOCC(=O)O. The highest BCUT2D eigenvalue weighted by Crippen LogP contribution is 2.22. The summed E-state index contributed by atoms with van der Waals surface area (Å²) in [6.07, 6.45) is 1.96. The molecule has 0 saturated heterocycles. The van der Waals surface area contributed by atoms with Crippen molar-refractivity contribution in [3.63, 3.8) is 0 Å². The van der Waals surface area contributed by atoms with Crippen LogP contribution in [-0.2, 0) is 19.1 Å². The van der Waals surface area contributed by atoms with Crippen LogP contribution in [0.4, 0.5) is 0 Å². The zero-order valence-corrected chi connectivity index (χ0v) is 12.3. The number of ether oxygens (including phenoxy) is 2. The first kappa shape index (κ1) is 20.2. The van der Waals surface area contributed by atoms with E-state index in [1.165, 1.54) is 0 Å². The Balaban J connectivity index is 0. The number of carboxylic acid groups (broad SMARTS) is 2. The summed E-state index contributed by atoms with van der Waals surface area (Å²) in [4.78, 5) is 20.5. The minimum atomic E-state index is -0.941. The fraction of sp³-hybridized carbons (Fsp3) is 0.846. The van der Waals surface area contributed by atoms with E-state index < -0.39 is 17.5 Å². The molecule has 1 atom stereocenters. The van der Waals surface area contributed by atoms with Crippen LogP contribution in [-0.4, -0.2) is 47.6 Å². The summed E-state index contributed by atoms with van der Waals surface area (Å²) in [5.74, 6) is -1.75. The highest BCUT2D eigenvalue weighted by atomic mass is 16.5. The molecule has 0 aliphatic heterocycles. The molecule has 0 aliphatic carbocycles. The minimum Gasteiger partial charge on any atom is -0.480 e. The Morgan fingerprint density at radius 1 is 1.05 bits per heavy atom. The molecule has 0 rings (SSSR count). The Kier molecular flexibility index (Phi) is 12.7. The van der Waals surface area contributed by atoms with Gasteiger partial charge in [0.15, 0.2) is 5.60 Å². The predicted molar refractivity (Wildman–Crippen MR) is 71.3 cm³/mol. The molecule has 0 saturated carbocycles. The number of carbonyl (C=O) groups is 2. The highest BCUT2D eigenvalue weighted by molar-refractivity contribution is 5.77. The smallest absolute Gasteiger partial charge is 0.335 e. The third-order valence-electron chi connectivity index (χ3n) is 2.47. The van der Waals surface area contributed by atoms with Crippen LogP contribution in [0.5, 0.6) is 0 Å². The fourth-order valence-corrected chi connectivity index (χ4v) is 1.54. The van der Waals surface area contributed by atoms with E-state index >= 15 is 0 Å². The molecule has 0 bridgehead atoms. The van der Waals surface area contributed by atoms with E-state index in [1.807, 2.05) is 20.8 Å². The second-order valence-corrected chi connectivity index (χ2v) is 3.87. The van der Waals surface area contributed by atoms with Crippen molar-refractivity contribution in [1.82, 2.24) is 0 Å². The Morgan fingerprint density at radius 2 is 1.63 bits per heavy atom. The van der Waals surface area contributed by atoms with Gasteiger partial charge in [0, 0.05) is 13.2 Å². The molecule has 0 aliphatic rings. The molecule has 0 aromatic heterocycles. The number of rotatable bonds is 9. The molecule has 6 heteroatoms. The molecule has 6 nitrogen and oxygen atoms in total. The topological polar surface area (TPSA) is 93.1 Å². The second-order valence-electron chi connectivity index (χ2n) is 3.87. The summed E-state index contributed by atoms with van der Waals surface area (Å²) < 4.78 is 9.78. The van der Waals surface area contributed by atoms with E-state index in [0.717, 1.165) is 6.42 Å². The third-order valence-corrected chi connectivity index (χ3v) is 2.47. The van der Waals surface area contributed by atoms with Crippen molar-refractivity contribution in [3.8, 4) is 0 Å². The van der Waals surface area contributed by atoms with Crippen molar-refractivity contribution in [2.45, 2.75) is 52.6 Å². The molecular formula is C13H26O6. The van der Waals surface area contributed by atoms with Crippen molar-refractivity contribution < 1.29 is 29.3 Å². The van der Waals surface area contributed by atoms with E-state index in [9.17, 15) is 9.59 Å². The van der Waals surface area contributed by atoms with Crippen LogP contribution in [0.1, 0.15) is 47.0 Å². The van der Waals surface area contributed by atoms with Gasteiger partial charge in [-0.2, -0.15) is 0 Å². The van der Waals surface area contributed by atoms with E-state index in [2.05, 4.69) is 4.74 Å².